The first-order valence-electron chi connectivity index (χ1n) is 15.6. The Labute approximate surface area is 269 Å². The van der Waals surface area contributed by atoms with Crippen LogP contribution in [0.2, 0.25) is 0 Å². The minimum atomic E-state index is -2.33. The van der Waals surface area contributed by atoms with Crippen molar-refractivity contribution in [3.8, 4) is 17.2 Å². The van der Waals surface area contributed by atoms with E-state index in [0.717, 1.165) is 38.5 Å². The van der Waals surface area contributed by atoms with E-state index in [1.807, 2.05) is 20.8 Å². The van der Waals surface area contributed by atoms with E-state index < -0.39 is 83.0 Å². The number of rotatable bonds is 18. The molecule has 0 fully saturated rings. The van der Waals surface area contributed by atoms with Crippen LogP contribution in [0.3, 0.4) is 0 Å². The molecule has 1 atom stereocenters. The molecular formula is C33H38BF9NO3+. The van der Waals surface area contributed by atoms with Crippen LogP contribution < -0.4 is 14.0 Å². The Morgan fingerprint density at radius 3 is 1.28 bits per heavy atom. The van der Waals surface area contributed by atoms with Crippen molar-refractivity contribution in [2.45, 2.75) is 78.7 Å². The highest BCUT2D eigenvalue weighted by atomic mass is 19.2. The van der Waals surface area contributed by atoms with E-state index in [9.17, 15) is 35.1 Å². The van der Waals surface area contributed by atoms with Crippen molar-refractivity contribution < 1.29 is 58.0 Å². The topological polar surface area (TPSA) is 27.7 Å². The molecule has 0 spiro atoms. The van der Waals surface area contributed by atoms with Crippen molar-refractivity contribution >= 4 is 7.32 Å². The second-order valence-electron chi connectivity index (χ2n) is 11.3. The zero-order chi connectivity index (χ0) is 34.9. The summed E-state index contributed by atoms with van der Waals surface area (Å²) in [6.07, 6.45) is 4.87. The predicted octanol–water partition coefficient (Wildman–Crippen LogP) is 10.1. The molecule has 1 unspecified atom stereocenters. The lowest BCUT2D eigenvalue weighted by Crippen LogP contribution is -2.53. The number of nitrogens with zero attached hydrogens (tertiary/aromatic N) is 1. The van der Waals surface area contributed by atoms with Gasteiger partial charge in [-0.25, -0.2) is 39.5 Å². The molecule has 258 valence electrons. The van der Waals surface area contributed by atoms with E-state index in [1.165, 1.54) is 0 Å². The van der Waals surface area contributed by atoms with Crippen LogP contribution in [-0.4, -0.2) is 31.4 Å². The van der Waals surface area contributed by atoms with Crippen molar-refractivity contribution in [1.82, 2.24) is 0 Å². The van der Waals surface area contributed by atoms with Crippen molar-refractivity contribution in [2.75, 3.05) is 19.6 Å². The standard InChI is InChI=1S/C33H38BF9NO3/c1-5-9-12-44(13-10-6-2,14-11-7-3)27(8-4)29-28(19-26(39)32(42)33(29)43)47-34(45-20-15-22(35)30(40)23(36)16-20)46-21-17-24(37)31(41)25(38)18-21/h15-19,27H,5-14H2,1-4H3/q+1. The molecule has 3 rings (SSSR count). The van der Waals surface area contributed by atoms with Crippen molar-refractivity contribution in [3.05, 3.63) is 88.3 Å². The third kappa shape index (κ3) is 9.08. The molecule has 0 aliphatic carbocycles. The maximum Gasteiger partial charge on any atom is 0.864 e. The minimum absolute atomic E-state index is 0.241. The SMILES string of the molecule is CCCC[N+](CCCC)(CCCC)C(CC)c1c(OB(Oc2cc(F)c(F)c(F)c2)Oc2cc(F)c(F)c(F)c2)cc(F)c(F)c1F. The normalized spacial score (nSPS) is 12.3. The van der Waals surface area contributed by atoms with Gasteiger partial charge in [0.25, 0.3) is 0 Å². The van der Waals surface area contributed by atoms with Crippen molar-refractivity contribution in [2.24, 2.45) is 0 Å². The zero-order valence-electron chi connectivity index (χ0n) is 26.7. The number of quaternary nitrogens is 1. The van der Waals surface area contributed by atoms with Gasteiger partial charge in [0.05, 0.1) is 25.2 Å². The van der Waals surface area contributed by atoms with Crippen LogP contribution in [0.5, 0.6) is 17.2 Å². The summed E-state index contributed by atoms with van der Waals surface area (Å²) in [6.45, 7) is 9.45. The molecule has 0 aromatic heterocycles. The third-order valence-electron chi connectivity index (χ3n) is 8.02. The Hall–Kier alpha value is -3.55. The first-order chi connectivity index (χ1) is 22.3. The Kier molecular flexibility index (Phi) is 13.7. The van der Waals surface area contributed by atoms with E-state index in [0.29, 0.717) is 54.4 Å². The summed E-state index contributed by atoms with van der Waals surface area (Å²) in [6, 6.07) is 1.33. The quantitative estimate of drug-likeness (QED) is 0.0580. The second-order valence-corrected chi connectivity index (χ2v) is 11.3. The van der Waals surface area contributed by atoms with E-state index in [-0.39, 0.29) is 12.0 Å². The first-order valence-corrected chi connectivity index (χ1v) is 15.6. The maximum atomic E-state index is 16.0. The molecule has 0 bridgehead atoms. The summed E-state index contributed by atoms with van der Waals surface area (Å²) in [5.74, 6) is -17.5. The molecule has 0 aliphatic rings. The van der Waals surface area contributed by atoms with Gasteiger partial charge >= 0.3 is 7.32 Å². The molecular weight excluding hydrogens is 640 g/mol. The predicted molar refractivity (Wildman–Crippen MR) is 159 cm³/mol. The number of hydrogen-bond donors (Lipinski definition) is 0. The summed E-state index contributed by atoms with van der Waals surface area (Å²) in [7, 11) is -2.33. The lowest BCUT2D eigenvalue weighted by Gasteiger charge is -2.46. The van der Waals surface area contributed by atoms with Crippen LogP contribution >= 0.6 is 0 Å². The van der Waals surface area contributed by atoms with E-state index in [4.69, 9.17) is 14.0 Å². The van der Waals surface area contributed by atoms with Gasteiger partial charge in [-0.3, -0.25) is 0 Å². The fourth-order valence-corrected chi connectivity index (χ4v) is 5.68. The van der Waals surface area contributed by atoms with Crippen molar-refractivity contribution in [1.29, 1.82) is 0 Å². The smallest absolute Gasteiger partial charge is 0.489 e. The van der Waals surface area contributed by atoms with Gasteiger partial charge in [0.2, 0.25) is 0 Å². The summed E-state index contributed by atoms with van der Waals surface area (Å²) in [4.78, 5) is 0. The Morgan fingerprint density at radius 1 is 0.532 bits per heavy atom. The maximum absolute atomic E-state index is 16.0. The molecule has 14 heteroatoms. The molecule has 0 heterocycles. The fourth-order valence-electron chi connectivity index (χ4n) is 5.68. The Bertz CT molecular complexity index is 1380. The summed E-state index contributed by atoms with van der Waals surface area (Å²) in [5, 5.41) is 0. The third-order valence-corrected chi connectivity index (χ3v) is 8.02. The Morgan fingerprint density at radius 2 is 0.915 bits per heavy atom. The molecule has 3 aromatic rings. The van der Waals surface area contributed by atoms with Gasteiger partial charge < -0.3 is 18.4 Å². The second kappa shape index (κ2) is 17.0. The molecule has 0 amide bonds. The lowest BCUT2D eigenvalue weighted by molar-refractivity contribution is -0.958. The first kappa shape index (κ1) is 37.9. The minimum Gasteiger partial charge on any atom is -0.489 e. The molecule has 0 saturated carbocycles. The van der Waals surface area contributed by atoms with E-state index in [2.05, 4.69) is 0 Å². The lowest BCUT2D eigenvalue weighted by atomic mass is 9.94. The van der Waals surface area contributed by atoms with Crippen LogP contribution in [-0.2, 0) is 0 Å². The number of hydrogen-bond acceptors (Lipinski definition) is 3. The molecule has 0 aliphatic heterocycles. The summed E-state index contributed by atoms with van der Waals surface area (Å²) < 4.78 is 146. The van der Waals surface area contributed by atoms with Crippen LogP contribution in [0.15, 0.2) is 30.3 Å². The van der Waals surface area contributed by atoms with Crippen LogP contribution in [0.4, 0.5) is 39.5 Å². The van der Waals surface area contributed by atoms with Gasteiger partial charge in [-0.05, 0) is 19.3 Å². The van der Waals surface area contributed by atoms with Crippen LogP contribution in [0, 0.1) is 52.4 Å². The van der Waals surface area contributed by atoms with Gasteiger partial charge in [0.15, 0.2) is 52.4 Å². The van der Waals surface area contributed by atoms with Crippen molar-refractivity contribution in [3.63, 3.8) is 0 Å². The highest BCUT2D eigenvalue weighted by Gasteiger charge is 2.43. The molecule has 47 heavy (non-hydrogen) atoms. The van der Waals surface area contributed by atoms with E-state index in [1.54, 1.807) is 6.92 Å². The Balaban J connectivity index is 2.22. The monoisotopic (exact) mass is 678 g/mol. The fraction of sp³-hybridized carbons (Fsp3) is 0.455. The number of halogens is 9. The van der Waals surface area contributed by atoms with Crippen LogP contribution in [0.1, 0.15) is 84.2 Å². The summed E-state index contributed by atoms with van der Waals surface area (Å²) >= 11 is 0. The van der Waals surface area contributed by atoms with Gasteiger partial charge in [-0.15, -0.1) is 0 Å². The number of unbranched alkanes of at least 4 members (excludes halogenated alkanes) is 3. The van der Waals surface area contributed by atoms with Crippen LogP contribution in [0.25, 0.3) is 0 Å². The summed E-state index contributed by atoms with van der Waals surface area (Å²) in [5.41, 5.74) is -0.375. The molecule has 0 saturated heterocycles. The molecule has 0 N–H and O–H groups in total. The highest BCUT2D eigenvalue weighted by Crippen LogP contribution is 2.42. The largest absolute Gasteiger partial charge is 0.864 e. The van der Waals surface area contributed by atoms with E-state index >= 15 is 4.39 Å². The van der Waals surface area contributed by atoms with Gasteiger partial charge in [0, 0.05) is 36.8 Å². The highest BCUT2D eigenvalue weighted by molar-refractivity contribution is 6.39. The van der Waals surface area contributed by atoms with Gasteiger partial charge in [0.1, 0.15) is 23.3 Å². The average Bonchev–Trinajstić information content (AvgIpc) is 3.03. The van der Waals surface area contributed by atoms with Gasteiger partial charge in [-0.2, -0.15) is 0 Å². The molecule has 0 radical (unpaired) electrons. The number of benzene rings is 3. The zero-order valence-corrected chi connectivity index (χ0v) is 26.7. The molecule has 3 aromatic carbocycles. The molecule has 4 nitrogen and oxygen atoms in total. The van der Waals surface area contributed by atoms with Gasteiger partial charge in [-0.1, -0.05) is 47.0 Å². The average molecular weight is 678 g/mol.